The van der Waals surface area contributed by atoms with Gasteiger partial charge in [-0.1, -0.05) is 12.1 Å². The van der Waals surface area contributed by atoms with Gasteiger partial charge in [-0.15, -0.1) is 11.8 Å². The summed E-state index contributed by atoms with van der Waals surface area (Å²) in [6.07, 6.45) is 2.03. The molecule has 2 N–H and O–H groups in total. The molecule has 0 aliphatic heterocycles. The quantitative estimate of drug-likeness (QED) is 0.818. The van der Waals surface area contributed by atoms with Crippen molar-refractivity contribution in [3.8, 4) is 0 Å². The number of rotatable bonds is 5. The lowest BCUT2D eigenvalue weighted by molar-refractivity contribution is -0.114. The highest BCUT2D eigenvalue weighted by Gasteiger charge is 2.03. The van der Waals surface area contributed by atoms with Crippen molar-refractivity contribution < 1.29 is 4.79 Å². The molecule has 110 valence electrons. The van der Waals surface area contributed by atoms with Crippen molar-refractivity contribution in [2.24, 2.45) is 0 Å². The summed E-state index contributed by atoms with van der Waals surface area (Å²) in [6.45, 7) is 4.35. The van der Waals surface area contributed by atoms with Gasteiger partial charge >= 0.3 is 0 Å². The molecule has 2 aromatic rings. The SMILES string of the molecule is CSc1cccc(NCC(=O)Nc2ccc(C)c(C)c2)c1. The average Bonchev–Trinajstić information content (AvgIpc) is 2.49. The summed E-state index contributed by atoms with van der Waals surface area (Å²) < 4.78 is 0. The summed E-state index contributed by atoms with van der Waals surface area (Å²) in [5.74, 6) is -0.0483. The molecule has 0 unspecified atom stereocenters. The lowest BCUT2D eigenvalue weighted by Crippen LogP contribution is -2.21. The highest BCUT2D eigenvalue weighted by molar-refractivity contribution is 7.98. The van der Waals surface area contributed by atoms with Gasteiger partial charge in [0.15, 0.2) is 0 Å². The number of hydrogen-bond donors (Lipinski definition) is 2. The third-order valence-corrected chi connectivity index (χ3v) is 4.04. The van der Waals surface area contributed by atoms with Crippen molar-refractivity contribution in [1.29, 1.82) is 0 Å². The number of thioether (sulfide) groups is 1. The van der Waals surface area contributed by atoms with Crippen LogP contribution in [0.2, 0.25) is 0 Å². The molecule has 2 aromatic carbocycles. The van der Waals surface area contributed by atoms with E-state index in [9.17, 15) is 4.79 Å². The van der Waals surface area contributed by atoms with E-state index in [1.165, 1.54) is 16.0 Å². The van der Waals surface area contributed by atoms with Gasteiger partial charge in [0.05, 0.1) is 6.54 Å². The van der Waals surface area contributed by atoms with Crippen LogP contribution in [0, 0.1) is 13.8 Å². The maximum absolute atomic E-state index is 12.0. The van der Waals surface area contributed by atoms with Crippen LogP contribution in [0.1, 0.15) is 11.1 Å². The zero-order chi connectivity index (χ0) is 15.2. The number of nitrogens with one attached hydrogen (secondary N) is 2. The highest BCUT2D eigenvalue weighted by Crippen LogP contribution is 2.19. The van der Waals surface area contributed by atoms with Crippen LogP contribution in [0.3, 0.4) is 0 Å². The molecule has 3 nitrogen and oxygen atoms in total. The van der Waals surface area contributed by atoms with E-state index in [-0.39, 0.29) is 12.5 Å². The molecule has 0 heterocycles. The van der Waals surface area contributed by atoms with E-state index in [0.717, 1.165) is 11.4 Å². The third kappa shape index (κ3) is 4.53. The van der Waals surface area contributed by atoms with E-state index < -0.39 is 0 Å². The van der Waals surface area contributed by atoms with E-state index in [0.29, 0.717) is 0 Å². The van der Waals surface area contributed by atoms with Crippen LogP contribution in [-0.4, -0.2) is 18.7 Å². The second-order valence-corrected chi connectivity index (χ2v) is 5.81. The van der Waals surface area contributed by atoms with E-state index in [4.69, 9.17) is 0 Å². The van der Waals surface area contributed by atoms with Gasteiger partial charge in [0, 0.05) is 16.3 Å². The Kier molecular flexibility index (Phi) is 5.28. The minimum absolute atomic E-state index is 0.0483. The predicted octanol–water partition coefficient (Wildman–Crippen LogP) is 4.08. The van der Waals surface area contributed by atoms with Crippen LogP contribution in [0.15, 0.2) is 47.4 Å². The van der Waals surface area contributed by atoms with Gasteiger partial charge in [0.1, 0.15) is 0 Å². The molecule has 1 amide bonds. The van der Waals surface area contributed by atoms with Crippen LogP contribution >= 0.6 is 11.8 Å². The lowest BCUT2D eigenvalue weighted by atomic mass is 10.1. The largest absolute Gasteiger partial charge is 0.376 e. The fourth-order valence-corrected chi connectivity index (χ4v) is 2.40. The first-order valence-electron chi connectivity index (χ1n) is 6.83. The number of amides is 1. The van der Waals surface area contributed by atoms with Gasteiger partial charge in [-0.2, -0.15) is 0 Å². The van der Waals surface area contributed by atoms with Crippen LogP contribution < -0.4 is 10.6 Å². The molecule has 0 fully saturated rings. The van der Waals surface area contributed by atoms with Crippen LogP contribution in [-0.2, 0) is 4.79 Å². The summed E-state index contributed by atoms with van der Waals surface area (Å²) >= 11 is 1.68. The summed E-state index contributed by atoms with van der Waals surface area (Å²) in [4.78, 5) is 13.1. The van der Waals surface area contributed by atoms with Gasteiger partial charge in [-0.05, 0) is 61.6 Å². The zero-order valence-corrected chi connectivity index (χ0v) is 13.4. The highest BCUT2D eigenvalue weighted by atomic mass is 32.2. The third-order valence-electron chi connectivity index (χ3n) is 3.31. The number of carbonyl (C=O) groups excluding carboxylic acids is 1. The Morgan fingerprint density at radius 1 is 1.05 bits per heavy atom. The Balaban J connectivity index is 1.91. The Labute approximate surface area is 130 Å². The first-order valence-corrected chi connectivity index (χ1v) is 8.06. The second kappa shape index (κ2) is 7.18. The normalized spacial score (nSPS) is 10.2. The molecule has 0 spiro atoms. The minimum Gasteiger partial charge on any atom is -0.376 e. The van der Waals surface area contributed by atoms with Gasteiger partial charge in [-0.25, -0.2) is 0 Å². The Bertz CT molecular complexity index is 640. The molecular formula is C17H20N2OS. The molecule has 0 radical (unpaired) electrons. The van der Waals surface area contributed by atoms with Crippen molar-refractivity contribution in [2.45, 2.75) is 18.7 Å². The maximum Gasteiger partial charge on any atom is 0.243 e. The van der Waals surface area contributed by atoms with Crippen molar-refractivity contribution in [3.05, 3.63) is 53.6 Å². The molecule has 0 aliphatic rings. The summed E-state index contributed by atoms with van der Waals surface area (Å²) in [5, 5.41) is 6.04. The molecule has 0 atom stereocenters. The van der Waals surface area contributed by atoms with Gasteiger partial charge in [0.2, 0.25) is 5.91 Å². The number of benzene rings is 2. The molecule has 0 saturated carbocycles. The number of anilines is 2. The molecule has 4 heteroatoms. The van der Waals surface area contributed by atoms with Crippen molar-refractivity contribution >= 4 is 29.0 Å². The molecule has 21 heavy (non-hydrogen) atoms. The maximum atomic E-state index is 12.0. The van der Waals surface area contributed by atoms with E-state index in [1.54, 1.807) is 11.8 Å². The van der Waals surface area contributed by atoms with E-state index >= 15 is 0 Å². The summed E-state index contributed by atoms with van der Waals surface area (Å²) in [5.41, 5.74) is 4.19. The van der Waals surface area contributed by atoms with Crippen LogP contribution in [0.5, 0.6) is 0 Å². The first-order chi connectivity index (χ1) is 10.1. The van der Waals surface area contributed by atoms with Crippen LogP contribution in [0.4, 0.5) is 11.4 Å². The lowest BCUT2D eigenvalue weighted by Gasteiger charge is -2.10. The minimum atomic E-state index is -0.0483. The van der Waals surface area contributed by atoms with E-state index in [2.05, 4.69) is 17.6 Å². The van der Waals surface area contributed by atoms with E-state index in [1.807, 2.05) is 55.6 Å². The average molecular weight is 300 g/mol. The second-order valence-electron chi connectivity index (χ2n) is 4.93. The van der Waals surface area contributed by atoms with Crippen LogP contribution in [0.25, 0.3) is 0 Å². The number of aryl methyl sites for hydroxylation is 2. The predicted molar refractivity (Wildman–Crippen MR) is 91.3 cm³/mol. The Morgan fingerprint density at radius 2 is 1.86 bits per heavy atom. The van der Waals surface area contributed by atoms with Crippen molar-refractivity contribution in [3.63, 3.8) is 0 Å². The van der Waals surface area contributed by atoms with Gasteiger partial charge in [-0.3, -0.25) is 4.79 Å². The Morgan fingerprint density at radius 3 is 2.57 bits per heavy atom. The smallest absolute Gasteiger partial charge is 0.243 e. The number of carbonyl (C=O) groups is 1. The molecule has 0 bridgehead atoms. The molecule has 0 aromatic heterocycles. The molecule has 2 rings (SSSR count). The molecule has 0 aliphatic carbocycles. The number of hydrogen-bond acceptors (Lipinski definition) is 3. The Hall–Kier alpha value is -1.94. The first kappa shape index (κ1) is 15.4. The van der Waals surface area contributed by atoms with Gasteiger partial charge < -0.3 is 10.6 Å². The topological polar surface area (TPSA) is 41.1 Å². The van der Waals surface area contributed by atoms with Gasteiger partial charge in [0.25, 0.3) is 0 Å². The standard InChI is InChI=1S/C17H20N2OS/c1-12-7-8-15(9-13(12)2)19-17(20)11-18-14-5-4-6-16(10-14)21-3/h4-10,18H,11H2,1-3H3,(H,19,20). The fourth-order valence-electron chi connectivity index (χ4n) is 1.94. The fraction of sp³-hybridized carbons (Fsp3) is 0.235. The zero-order valence-electron chi connectivity index (χ0n) is 12.6. The monoisotopic (exact) mass is 300 g/mol. The molecular weight excluding hydrogens is 280 g/mol. The summed E-state index contributed by atoms with van der Waals surface area (Å²) in [6, 6.07) is 14.0. The molecule has 0 saturated heterocycles. The van der Waals surface area contributed by atoms with Crippen molar-refractivity contribution in [2.75, 3.05) is 23.4 Å². The summed E-state index contributed by atoms with van der Waals surface area (Å²) in [7, 11) is 0. The van der Waals surface area contributed by atoms with Crippen molar-refractivity contribution in [1.82, 2.24) is 0 Å².